The van der Waals surface area contributed by atoms with E-state index in [2.05, 4.69) is 30.3 Å². The Hall–Kier alpha value is -1.48. The van der Waals surface area contributed by atoms with Crippen molar-refractivity contribution in [3.63, 3.8) is 0 Å². The molecule has 0 unspecified atom stereocenters. The molecule has 0 aromatic rings. The van der Waals surface area contributed by atoms with Crippen LogP contribution in [0.25, 0.3) is 0 Å². The van der Waals surface area contributed by atoms with Crippen LogP contribution in [0.4, 0.5) is 0 Å². The lowest BCUT2D eigenvalue weighted by Gasteiger charge is -1.96. The predicted molar refractivity (Wildman–Crippen MR) is 80.3 cm³/mol. The Bertz CT molecular complexity index is 374. The topological polar surface area (TPSA) is 40.5 Å². The number of aliphatic hydroxyl groups is 2. The van der Waals surface area contributed by atoms with Crippen molar-refractivity contribution in [3.8, 4) is 23.7 Å². The average Bonchev–Trinajstić information content (AvgIpc) is 2.42. The van der Waals surface area contributed by atoms with Crippen molar-refractivity contribution in [2.24, 2.45) is 0 Å². The maximum absolute atomic E-state index is 9.51. The molecule has 0 saturated carbocycles. The fraction of sp³-hybridized carbons (Fsp3) is 0.529. The quantitative estimate of drug-likeness (QED) is 0.400. The summed E-state index contributed by atoms with van der Waals surface area (Å²) >= 11 is 0. The SMILES string of the molecule is C=CCCCCCC=C[C@H](O)C#CC#C[C@@H](O)CC. The van der Waals surface area contributed by atoms with Crippen molar-refractivity contribution in [1.29, 1.82) is 0 Å². The van der Waals surface area contributed by atoms with E-state index in [4.69, 9.17) is 5.11 Å². The van der Waals surface area contributed by atoms with E-state index in [1.165, 1.54) is 12.8 Å². The molecule has 2 nitrogen and oxygen atoms in total. The second kappa shape index (κ2) is 13.0. The van der Waals surface area contributed by atoms with Crippen molar-refractivity contribution in [1.82, 2.24) is 0 Å². The van der Waals surface area contributed by atoms with Crippen LogP contribution in [0.1, 0.15) is 45.4 Å². The first-order chi connectivity index (χ1) is 9.20. The highest BCUT2D eigenvalue weighted by atomic mass is 16.3. The molecule has 104 valence electrons. The van der Waals surface area contributed by atoms with Gasteiger partial charge < -0.3 is 10.2 Å². The Balaban J connectivity index is 3.78. The second-order valence-corrected chi connectivity index (χ2v) is 4.26. The van der Waals surface area contributed by atoms with Crippen LogP contribution < -0.4 is 0 Å². The minimum absolute atomic E-state index is 0.586. The number of hydrogen-bond acceptors (Lipinski definition) is 2. The molecule has 19 heavy (non-hydrogen) atoms. The Morgan fingerprint density at radius 2 is 1.74 bits per heavy atom. The minimum atomic E-state index is -0.777. The van der Waals surface area contributed by atoms with Gasteiger partial charge in [-0.05, 0) is 50.0 Å². The Morgan fingerprint density at radius 1 is 1.05 bits per heavy atom. The molecule has 0 aliphatic heterocycles. The van der Waals surface area contributed by atoms with E-state index < -0.39 is 12.2 Å². The first-order valence-electron chi connectivity index (χ1n) is 6.85. The van der Waals surface area contributed by atoms with E-state index in [0.717, 1.165) is 19.3 Å². The smallest absolute Gasteiger partial charge is 0.134 e. The van der Waals surface area contributed by atoms with Gasteiger partial charge in [-0.25, -0.2) is 0 Å². The summed E-state index contributed by atoms with van der Waals surface area (Å²) < 4.78 is 0. The van der Waals surface area contributed by atoms with E-state index in [0.29, 0.717) is 6.42 Å². The van der Waals surface area contributed by atoms with Gasteiger partial charge in [0, 0.05) is 0 Å². The van der Waals surface area contributed by atoms with Crippen LogP contribution in [-0.2, 0) is 0 Å². The lowest BCUT2D eigenvalue weighted by molar-refractivity contribution is 0.228. The molecule has 0 bridgehead atoms. The summed E-state index contributed by atoms with van der Waals surface area (Å²) in [7, 11) is 0. The fourth-order valence-electron chi connectivity index (χ4n) is 1.33. The molecule has 0 aliphatic carbocycles. The van der Waals surface area contributed by atoms with Crippen LogP contribution >= 0.6 is 0 Å². The third-order valence-corrected chi connectivity index (χ3v) is 2.51. The number of hydrogen-bond donors (Lipinski definition) is 2. The van der Waals surface area contributed by atoms with E-state index in [1.54, 1.807) is 6.08 Å². The highest BCUT2D eigenvalue weighted by molar-refractivity contribution is 5.29. The van der Waals surface area contributed by atoms with Crippen LogP contribution in [0.3, 0.4) is 0 Å². The van der Waals surface area contributed by atoms with Crippen LogP contribution in [0.15, 0.2) is 24.8 Å². The largest absolute Gasteiger partial charge is 0.380 e. The molecule has 0 aliphatic rings. The summed E-state index contributed by atoms with van der Waals surface area (Å²) in [5.41, 5.74) is 0. The van der Waals surface area contributed by atoms with Gasteiger partial charge in [-0.2, -0.15) is 0 Å². The van der Waals surface area contributed by atoms with Gasteiger partial charge in [-0.3, -0.25) is 0 Å². The molecule has 2 heteroatoms. The van der Waals surface area contributed by atoms with Gasteiger partial charge in [0.15, 0.2) is 0 Å². The Morgan fingerprint density at radius 3 is 2.42 bits per heavy atom. The van der Waals surface area contributed by atoms with Gasteiger partial charge in [0.1, 0.15) is 12.2 Å². The molecular formula is C17H24O2. The highest BCUT2D eigenvalue weighted by Crippen LogP contribution is 2.04. The van der Waals surface area contributed by atoms with Gasteiger partial charge in [-0.1, -0.05) is 37.3 Å². The molecule has 0 amide bonds. The first kappa shape index (κ1) is 17.5. The van der Waals surface area contributed by atoms with Gasteiger partial charge >= 0.3 is 0 Å². The number of allylic oxidation sites excluding steroid dienone is 2. The van der Waals surface area contributed by atoms with Crippen molar-refractivity contribution >= 4 is 0 Å². The highest BCUT2D eigenvalue weighted by Gasteiger charge is 1.91. The van der Waals surface area contributed by atoms with E-state index >= 15 is 0 Å². The number of unbranched alkanes of at least 4 members (excludes halogenated alkanes) is 4. The summed E-state index contributed by atoms with van der Waals surface area (Å²) in [6, 6.07) is 0. The molecule has 0 heterocycles. The normalized spacial score (nSPS) is 13.0. The van der Waals surface area contributed by atoms with Crippen LogP contribution in [0.2, 0.25) is 0 Å². The summed E-state index contributed by atoms with van der Waals surface area (Å²) in [5.74, 6) is 10.2. The molecule has 0 saturated heterocycles. The van der Waals surface area contributed by atoms with E-state index in [1.807, 2.05) is 19.1 Å². The zero-order chi connectivity index (χ0) is 14.3. The molecule has 2 N–H and O–H groups in total. The molecule has 0 rings (SSSR count). The third kappa shape index (κ3) is 12.8. The first-order valence-corrected chi connectivity index (χ1v) is 6.85. The molecule has 0 radical (unpaired) electrons. The number of aliphatic hydroxyl groups excluding tert-OH is 2. The molecule has 0 aromatic heterocycles. The van der Waals surface area contributed by atoms with E-state index in [-0.39, 0.29) is 0 Å². The van der Waals surface area contributed by atoms with E-state index in [9.17, 15) is 5.11 Å². The number of rotatable bonds is 8. The maximum Gasteiger partial charge on any atom is 0.134 e. The second-order valence-electron chi connectivity index (χ2n) is 4.26. The van der Waals surface area contributed by atoms with Crippen molar-refractivity contribution in [3.05, 3.63) is 24.8 Å². The van der Waals surface area contributed by atoms with Gasteiger partial charge in [0.05, 0.1) is 0 Å². The van der Waals surface area contributed by atoms with Crippen molar-refractivity contribution < 1.29 is 10.2 Å². The third-order valence-electron chi connectivity index (χ3n) is 2.51. The zero-order valence-electron chi connectivity index (χ0n) is 11.7. The maximum atomic E-state index is 9.51. The van der Waals surface area contributed by atoms with Crippen molar-refractivity contribution in [2.45, 2.75) is 57.7 Å². The summed E-state index contributed by atoms with van der Waals surface area (Å²) in [4.78, 5) is 0. The monoisotopic (exact) mass is 260 g/mol. The van der Waals surface area contributed by atoms with Gasteiger partial charge in [-0.15, -0.1) is 6.58 Å². The van der Waals surface area contributed by atoms with Crippen molar-refractivity contribution in [2.75, 3.05) is 0 Å². The molecule has 0 aromatic carbocycles. The Kier molecular flexibility index (Phi) is 12.0. The molecule has 0 fully saturated rings. The molecule has 0 spiro atoms. The Labute approximate surface area is 117 Å². The standard InChI is InChI=1S/C17H24O2/c1-3-5-6-7-8-9-10-14-17(19)15-12-11-13-16(18)4-2/h3,10,14,16-19H,1,4-9H2,2H3/t16-,17-/m0/s1. The lowest BCUT2D eigenvalue weighted by Crippen LogP contribution is -1.99. The molecular weight excluding hydrogens is 236 g/mol. The minimum Gasteiger partial charge on any atom is -0.380 e. The van der Waals surface area contributed by atoms with Gasteiger partial charge in [0.2, 0.25) is 0 Å². The van der Waals surface area contributed by atoms with Crippen LogP contribution in [0.5, 0.6) is 0 Å². The zero-order valence-corrected chi connectivity index (χ0v) is 11.7. The van der Waals surface area contributed by atoms with Gasteiger partial charge in [0.25, 0.3) is 0 Å². The van der Waals surface area contributed by atoms with Crippen LogP contribution in [0, 0.1) is 23.7 Å². The average molecular weight is 260 g/mol. The fourth-order valence-corrected chi connectivity index (χ4v) is 1.33. The lowest BCUT2D eigenvalue weighted by atomic mass is 10.1. The molecule has 2 atom stereocenters. The summed E-state index contributed by atoms with van der Waals surface area (Å²) in [6.07, 6.45) is 10.2. The summed E-state index contributed by atoms with van der Waals surface area (Å²) in [5, 5.41) is 18.7. The van der Waals surface area contributed by atoms with Crippen LogP contribution in [-0.4, -0.2) is 22.4 Å². The summed E-state index contributed by atoms with van der Waals surface area (Å²) in [6.45, 7) is 5.53. The predicted octanol–water partition coefficient (Wildman–Crippen LogP) is 2.82.